The van der Waals surface area contributed by atoms with E-state index in [0.717, 1.165) is 11.1 Å². The maximum atomic E-state index is 13.7. The zero-order chi connectivity index (χ0) is 13.2. The molecule has 4 heteroatoms. The summed E-state index contributed by atoms with van der Waals surface area (Å²) in [4.78, 5) is 0. The summed E-state index contributed by atoms with van der Waals surface area (Å²) in [6.45, 7) is 0. The van der Waals surface area contributed by atoms with Gasteiger partial charge in [0, 0.05) is 10.6 Å². The second kappa shape index (κ2) is 5.55. The summed E-state index contributed by atoms with van der Waals surface area (Å²) in [7, 11) is 1.95. The van der Waals surface area contributed by atoms with Gasteiger partial charge in [-0.05, 0) is 37.8 Å². The van der Waals surface area contributed by atoms with Gasteiger partial charge in [0.15, 0.2) is 11.4 Å². The summed E-state index contributed by atoms with van der Waals surface area (Å²) < 4.78 is 19.4. The fourth-order valence-electron chi connectivity index (χ4n) is 2.74. The Hall–Kier alpha value is -1.000. The molecule has 0 radical (unpaired) electrons. The fourth-order valence-corrected chi connectivity index (χ4v) is 4.21. The number of hydrogen-bond acceptors (Lipinski definition) is 3. The van der Waals surface area contributed by atoms with Crippen LogP contribution in [0.15, 0.2) is 28.7 Å². The summed E-state index contributed by atoms with van der Waals surface area (Å²) in [5.74, 6) is 1.77. The monoisotopic (exact) mass is 279 g/mol. The van der Waals surface area contributed by atoms with Gasteiger partial charge >= 0.3 is 0 Å². The lowest BCUT2D eigenvalue weighted by Crippen LogP contribution is -2.28. The number of nitrogens with one attached hydrogen (secondary N) is 1. The first-order valence-electron chi connectivity index (χ1n) is 6.76. The van der Waals surface area contributed by atoms with E-state index < -0.39 is 0 Å². The molecule has 1 aliphatic rings. The third kappa shape index (κ3) is 2.51. The fraction of sp³-hybridized carbons (Fsp3) is 0.467. The third-order valence-electron chi connectivity index (χ3n) is 3.72. The molecule has 0 aliphatic carbocycles. The second-order valence-electron chi connectivity index (χ2n) is 4.98. The first kappa shape index (κ1) is 13.0. The quantitative estimate of drug-likeness (QED) is 0.915. The van der Waals surface area contributed by atoms with Crippen LogP contribution in [0.3, 0.4) is 0 Å². The number of thioether (sulfide) groups is 1. The van der Waals surface area contributed by atoms with Crippen molar-refractivity contribution in [1.29, 1.82) is 0 Å². The van der Waals surface area contributed by atoms with Crippen LogP contribution < -0.4 is 5.32 Å². The number of fused-ring (bicyclic) bond motifs is 1. The predicted octanol–water partition coefficient (Wildman–Crippen LogP) is 4.12. The van der Waals surface area contributed by atoms with E-state index in [0.29, 0.717) is 10.8 Å². The van der Waals surface area contributed by atoms with Gasteiger partial charge in [-0.15, -0.1) is 0 Å². The van der Waals surface area contributed by atoms with E-state index in [1.165, 1.54) is 31.1 Å². The Morgan fingerprint density at radius 1 is 1.42 bits per heavy atom. The maximum Gasteiger partial charge on any atom is 0.169 e. The van der Waals surface area contributed by atoms with Crippen molar-refractivity contribution >= 4 is 22.7 Å². The van der Waals surface area contributed by atoms with Gasteiger partial charge in [0.1, 0.15) is 5.76 Å². The topological polar surface area (TPSA) is 25.2 Å². The van der Waals surface area contributed by atoms with E-state index in [1.807, 2.05) is 30.9 Å². The van der Waals surface area contributed by atoms with Gasteiger partial charge in [-0.2, -0.15) is 11.8 Å². The molecule has 2 heterocycles. The maximum absolute atomic E-state index is 13.7. The molecule has 1 aromatic heterocycles. The molecule has 0 amide bonds. The van der Waals surface area contributed by atoms with E-state index in [1.54, 1.807) is 6.07 Å². The largest absolute Gasteiger partial charge is 0.456 e. The molecule has 19 heavy (non-hydrogen) atoms. The highest BCUT2D eigenvalue weighted by molar-refractivity contribution is 8.00. The first-order chi connectivity index (χ1) is 9.29. The number of halogens is 1. The minimum atomic E-state index is -0.282. The number of furan rings is 1. The van der Waals surface area contributed by atoms with Gasteiger partial charge in [-0.25, -0.2) is 4.39 Å². The minimum absolute atomic E-state index is 0.164. The van der Waals surface area contributed by atoms with Crippen molar-refractivity contribution in [2.24, 2.45) is 0 Å². The molecule has 0 bridgehead atoms. The van der Waals surface area contributed by atoms with Gasteiger partial charge in [-0.3, -0.25) is 0 Å². The van der Waals surface area contributed by atoms with Gasteiger partial charge < -0.3 is 9.73 Å². The molecule has 1 saturated heterocycles. The van der Waals surface area contributed by atoms with Crippen LogP contribution in [0.2, 0.25) is 0 Å². The molecule has 3 rings (SSSR count). The average Bonchev–Trinajstić information content (AvgIpc) is 2.86. The smallest absolute Gasteiger partial charge is 0.169 e. The van der Waals surface area contributed by atoms with Crippen molar-refractivity contribution in [1.82, 2.24) is 5.32 Å². The van der Waals surface area contributed by atoms with E-state index in [-0.39, 0.29) is 11.9 Å². The third-order valence-corrected chi connectivity index (χ3v) is 5.18. The van der Waals surface area contributed by atoms with Gasteiger partial charge in [-0.1, -0.05) is 18.6 Å². The second-order valence-corrected chi connectivity index (χ2v) is 6.33. The van der Waals surface area contributed by atoms with Gasteiger partial charge in [0.2, 0.25) is 0 Å². The van der Waals surface area contributed by atoms with Crippen LogP contribution in [-0.4, -0.2) is 18.1 Å². The predicted molar refractivity (Wildman–Crippen MR) is 78.1 cm³/mol. The molecule has 1 fully saturated rings. The number of para-hydroxylation sites is 1. The Bertz CT molecular complexity index is 562. The number of rotatable bonds is 3. The van der Waals surface area contributed by atoms with Crippen LogP contribution in [0.4, 0.5) is 4.39 Å². The Kier molecular flexibility index (Phi) is 3.80. The highest BCUT2D eigenvalue weighted by Gasteiger charge is 2.27. The van der Waals surface area contributed by atoms with E-state index >= 15 is 0 Å². The summed E-state index contributed by atoms with van der Waals surface area (Å²) in [5.41, 5.74) is 0.374. The number of benzene rings is 1. The highest BCUT2D eigenvalue weighted by atomic mass is 32.2. The molecule has 1 aromatic carbocycles. The molecule has 0 spiro atoms. The SMILES string of the molecule is CNC(c1cc2cccc(F)c2o1)C1CCCCS1. The molecule has 2 nitrogen and oxygen atoms in total. The minimum Gasteiger partial charge on any atom is -0.456 e. The standard InChI is InChI=1S/C15H18FNOS/c1-17-14(13-7-2-3-8-19-13)12-9-10-5-4-6-11(16)15(10)18-12/h4-6,9,13-14,17H,2-3,7-8H2,1H3. The summed E-state index contributed by atoms with van der Waals surface area (Å²) in [6, 6.07) is 7.19. The molecular weight excluding hydrogens is 261 g/mol. The van der Waals surface area contributed by atoms with Crippen LogP contribution in [0.5, 0.6) is 0 Å². The van der Waals surface area contributed by atoms with Crippen molar-refractivity contribution in [3.8, 4) is 0 Å². The van der Waals surface area contributed by atoms with E-state index in [2.05, 4.69) is 5.32 Å². The Morgan fingerprint density at radius 3 is 3.00 bits per heavy atom. The average molecular weight is 279 g/mol. The molecule has 2 unspecified atom stereocenters. The lowest BCUT2D eigenvalue weighted by atomic mass is 10.0. The van der Waals surface area contributed by atoms with Crippen LogP contribution >= 0.6 is 11.8 Å². The van der Waals surface area contributed by atoms with Crippen molar-refractivity contribution in [3.05, 3.63) is 35.8 Å². The molecule has 2 aromatic rings. The Morgan fingerprint density at radius 2 is 2.32 bits per heavy atom. The highest BCUT2D eigenvalue weighted by Crippen LogP contribution is 2.36. The van der Waals surface area contributed by atoms with Crippen molar-refractivity contribution in [2.75, 3.05) is 12.8 Å². The van der Waals surface area contributed by atoms with Gasteiger partial charge in [0.05, 0.1) is 6.04 Å². The van der Waals surface area contributed by atoms with E-state index in [4.69, 9.17) is 4.42 Å². The molecule has 1 aliphatic heterocycles. The first-order valence-corrected chi connectivity index (χ1v) is 7.81. The lowest BCUT2D eigenvalue weighted by Gasteiger charge is -2.28. The normalized spacial score (nSPS) is 21.7. The van der Waals surface area contributed by atoms with Gasteiger partial charge in [0.25, 0.3) is 0 Å². The molecule has 2 atom stereocenters. The summed E-state index contributed by atoms with van der Waals surface area (Å²) >= 11 is 1.99. The molecular formula is C15H18FNOS. The lowest BCUT2D eigenvalue weighted by molar-refractivity contribution is 0.418. The zero-order valence-electron chi connectivity index (χ0n) is 11.0. The Balaban J connectivity index is 1.94. The summed E-state index contributed by atoms with van der Waals surface area (Å²) in [5, 5.41) is 4.69. The van der Waals surface area contributed by atoms with Crippen LogP contribution in [0.1, 0.15) is 31.1 Å². The van der Waals surface area contributed by atoms with E-state index in [9.17, 15) is 4.39 Å². The Labute approximate surface area is 116 Å². The summed E-state index contributed by atoms with van der Waals surface area (Å²) in [6.07, 6.45) is 3.76. The molecule has 102 valence electrons. The van der Waals surface area contributed by atoms with Crippen LogP contribution in [-0.2, 0) is 0 Å². The zero-order valence-corrected chi connectivity index (χ0v) is 11.8. The van der Waals surface area contributed by atoms with Crippen molar-refractivity contribution in [3.63, 3.8) is 0 Å². The van der Waals surface area contributed by atoms with Crippen LogP contribution in [0, 0.1) is 5.82 Å². The molecule has 1 N–H and O–H groups in total. The van der Waals surface area contributed by atoms with Crippen LogP contribution in [0.25, 0.3) is 11.0 Å². The van der Waals surface area contributed by atoms with Crippen molar-refractivity contribution < 1.29 is 8.81 Å². The number of hydrogen-bond donors (Lipinski definition) is 1. The molecule has 0 saturated carbocycles. The van der Waals surface area contributed by atoms with Crippen molar-refractivity contribution in [2.45, 2.75) is 30.6 Å².